The molecule has 0 bridgehead atoms. The van der Waals surface area contributed by atoms with Crippen LogP contribution in [0.4, 0.5) is 11.8 Å². The number of rotatable bonds is 3. The number of carbonyl (C=O) groups is 1. The summed E-state index contributed by atoms with van der Waals surface area (Å²) < 4.78 is 5.05. The number of hydrogen-bond donors (Lipinski definition) is 2. The van der Waals surface area contributed by atoms with Gasteiger partial charge in [-0.25, -0.2) is 9.97 Å². The van der Waals surface area contributed by atoms with Crippen molar-refractivity contribution >= 4 is 28.6 Å². The van der Waals surface area contributed by atoms with Crippen LogP contribution in [0.2, 0.25) is 0 Å². The minimum Gasteiger partial charge on any atom is -0.368 e. The molecule has 4 aromatic rings. The fourth-order valence-electron chi connectivity index (χ4n) is 2.90. The molecular weight excluding hydrogens is 342 g/mol. The Morgan fingerprint density at radius 3 is 2.74 bits per heavy atom. The number of nitrogen functional groups attached to an aromatic ring is 1. The number of benzene rings is 2. The van der Waals surface area contributed by atoms with Crippen molar-refractivity contribution in [2.45, 2.75) is 13.8 Å². The molecule has 0 saturated heterocycles. The van der Waals surface area contributed by atoms with Crippen molar-refractivity contribution in [1.29, 1.82) is 0 Å². The quantitative estimate of drug-likeness (QED) is 0.577. The molecular formula is C20H17N5O2. The molecule has 0 radical (unpaired) electrons. The van der Waals surface area contributed by atoms with E-state index in [0.29, 0.717) is 17.1 Å². The van der Waals surface area contributed by atoms with Gasteiger partial charge in [0.05, 0.1) is 11.2 Å². The van der Waals surface area contributed by atoms with Gasteiger partial charge >= 0.3 is 0 Å². The summed E-state index contributed by atoms with van der Waals surface area (Å²) in [5.41, 5.74) is 10.6. The van der Waals surface area contributed by atoms with Crippen LogP contribution in [0.25, 0.3) is 22.0 Å². The number of hydrogen-bond acceptors (Lipinski definition) is 6. The summed E-state index contributed by atoms with van der Waals surface area (Å²) in [6, 6.07) is 13.1. The third-order valence-electron chi connectivity index (χ3n) is 4.27. The first-order chi connectivity index (χ1) is 13.0. The predicted molar refractivity (Wildman–Crippen MR) is 103 cm³/mol. The summed E-state index contributed by atoms with van der Waals surface area (Å²) in [4.78, 5) is 20.8. The highest BCUT2D eigenvalue weighted by Crippen LogP contribution is 2.28. The van der Waals surface area contributed by atoms with E-state index in [1.165, 1.54) is 0 Å². The second-order valence-electron chi connectivity index (χ2n) is 6.32. The van der Waals surface area contributed by atoms with E-state index in [4.69, 9.17) is 10.3 Å². The van der Waals surface area contributed by atoms with Crippen molar-refractivity contribution in [2.75, 3.05) is 11.1 Å². The molecule has 4 rings (SSSR count). The number of nitrogens with one attached hydrogen (secondary N) is 1. The van der Waals surface area contributed by atoms with Gasteiger partial charge < -0.3 is 10.3 Å². The maximum atomic E-state index is 12.5. The fraction of sp³-hybridized carbons (Fsp3) is 0.100. The topological polar surface area (TPSA) is 107 Å². The third kappa shape index (κ3) is 3.35. The zero-order chi connectivity index (χ0) is 19.0. The van der Waals surface area contributed by atoms with E-state index in [2.05, 4.69) is 20.4 Å². The van der Waals surface area contributed by atoms with Gasteiger partial charge in [-0.2, -0.15) is 0 Å². The van der Waals surface area contributed by atoms with Gasteiger partial charge in [-0.05, 0) is 54.8 Å². The molecule has 3 N–H and O–H groups in total. The Morgan fingerprint density at radius 2 is 1.96 bits per heavy atom. The zero-order valence-electron chi connectivity index (χ0n) is 14.9. The molecule has 0 aliphatic rings. The van der Waals surface area contributed by atoms with E-state index in [1.807, 2.05) is 37.3 Å². The number of nitrogens with zero attached hydrogens (tertiary/aromatic N) is 3. The lowest BCUT2D eigenvalue weighted by atomic mass is 9.97. The predicted octanol–water partition coefficient (Wildman–Crippen LogP) is 3.74. The number of carbonyl (C=O) groups excluding carboxylic acids is 1. The van der Waals surface area contributed by atoms with Gasteiger partial charge in [-0.1, -0.05) is 17.3 Å². The minimum absolute atomic E-state index is 0.243. The summed E-state index contributed by atoms with van der Waals surface area (Å²) in [6.45, 7) is 3.79. The Kier molecular flexibility index (Phi) is 4.04. The highest BCUT2D eigenvalue weighted by Gasteiger charge is 2.12. The first-order valence-corrected chi connectivity index (χ1v) is 8.37. The molecule has 2 aromatic carbocycles. The maximum Gasteiger partial charge on any atom is 0.258 e. The molecule has 1 amide bonds. The minimum atomic E-state index is -0.260. The van der Waals surface area contributed by atoms with Crippen LogP contribution in [0.5, 0.6) is 0 Å². The normalized spacial score (nSPS) is 10.9. The molecule has 0 aliphatic heterocycles. The van der Waals surface area contributed by atoms with Gasteiger partial charge in [0.15, 0.2) is 0 Å². The lowest BCUT2D eigenvalue weighted by molar-refractivity contribution is 0.102. The standard InChI is InChI=1S/C20H17N5O2/c1-11-3-4-14(19(26)24-18-7-12(2)25-27-18)9-16(11)13-5-6-17-15(8-13)10-22-20(21)23-17/h3-10H,1-2H3,(H,24,26)(H2,21,22,23). The molecule has 0 atom stereocenters. The van der Waals surface area contributed by atoms with Crippen LogP contribution in [-0.4, -0.2) is 21.0 Å². The molecule has 2 heterocycles. The lowest BCUT2D eigenvalue weighted by Gasteiger charge is -2.10. The van der Waals surface area contributed by atoms with Crippen molar-refractivity contribution in [3.8, 4) is 11.1 Å². The van der Waals surface area contributed by atoms with Crippen LogP contribution in [0, 0.1) is 13.8 Å². The molecule has 0 unspecified atom stereocenters. The van der Waals surface area contributed by atoms with Gasteiger partial charge in [-0.15, -0.1) is 0 Å². The van der Waals surface area contributed by atoms with Crippen molar-refractivity contribution in [3.05, 3.63) is 65.5 Å². The van der Waals surface area contributed by atoms with E-state index in [0.717, 1.165) is 27.6 Å². The van der Waals surface area contributed by atoms with Crippen LogP contribution >= 0.6 is 0 Å². The molecule has 27 heavy (non-hydrogen) atoms. The van der Waals surface area contributed by atoms with Gasteiger partial charge in [-0.3, -0.25) is 10.1 Å². The molecule has 2 aromatic heterocycles. The summed E-state index contributed by atoms with van der Waals surface area (Å²) in [5.74, 6) is 0.303. The van der Waals surface area contributed by atoms with Crippen LogP contribution in [0.3, 0.4) is 0 Å². The first-order valence-electron chi connectivity index (χ1n) is 8.37. The fourth-order valence-corrected chi connectivity index (χ4v) is 2.90. The second kappa shape index (κ2) is 6.53. The summed E-state index contributed by atoms with van der Waals surface area (Å²) in [7, 11) is 0. The number of nitrogens with two attached hydrogens (primary N) is 1. The Balaban J connectivity index is 1.70. The van der Waals surface area contributed by atoms with Crippen LogP contribution in [0.1, 0.15) is 21.6 Å². The Morgan fingerprint density at radius 1 is 1.11 bits per heavy atom. The molecule has 7 nitrogen and oxygen atoms in total. The molecule has 7 heteroatoms. The van der Waals surface area contributed by atoms with Crippen LogP contribution in [-0.2, 0) is 0 Å². The SMILES string of the molecule is Cc1cc(NC(=O)c2ccc(C)c(-c3ccc4nc(N)ncc4c3)c2)on1. The van der Waals surface area contributed by atoms with Gasteiger partial charge in [0, 0.05) is 23.2 Å². The van der Waals surface area contributed by atoms with Crippen molar-refractivity contribution in [1.82, 2.24) is 15.1 Å². The number of aryl methyl sites for hydroxylation is 2. The molecule has 0 fully saturated rings. The number of anilines is 2. The van der Waals surface area contributed by atoms with Gasteiger partial charge in [0.1, 0.15) is 0 Å². The van der Waals surface area contributed by atoms with Crippen molar-refractivity contribution in [2.24, 2.45) is 0 Å². The van der Waals surface area contributed by atoms with Gasteiger partial charge in [0.25, 0.3) is 5.91 Å². The molecule has 0 spiro atoms. The molecule has 0 aliphatic carbocycles. The maximum absolute atomic E-state index is 12.5. The monoisotopic (exact) mass is 359 g/mol. The number of aromatic nitrogens is 3. The molecule has 0 saturated carbocycles. The number of amides is 1. The van der Waals surface area contributed by atoms with E-state index in [1.54, 1.807) is 25.3 Å². The summed E-state index contributed by atoms with van der Waals surface area (Å²) >= 11 is 0. The van der Waals surface area contributed by atoms with E-state index >= 15 is 0 Å². The van der Waals surface area contributed by atoms with Crippen LogP contribution < -0.4 is 11.1 Å². The van der Waals surface area contributed by atoms with E-state index < -0.39 is 0 Å². The molecule has 134 valence electrons. The van der Waals surface area contributed by atoms with E-state index in [-0.39, 0.29) is 11.9 Å². The van der Waals surface area contributed by atoms with Crippen molar-refractivity contribution in [3.63, 3.8) is 0 Å². The average molecular weight is 359 g/mol. The largest absolute Gasteiger partial charge is 0.368 e. The lowest BCUT2D eigenvalue weighted by Crippen LogP contribution is -2.11. The average Bonchev–Trinajstić information content (AvgIpc) is 3.06. The Hall–Kier alpha value is -3.74. The Bertz CT molecular complexity index is 1170. The number of fused-ring (bicyclic) bond motifs is 1. The highest BCUT2D eigenvalue weighted by molar-refractivity contribution is 6.04. The summed E-state index contributed by atoms with van der Waals surface area (Å²) in [5, 5.41) is 7.36. The smallest absolute Gasteiger partial charge is 0.258 e. The van der Waals surface area contributed by atoms with E-state index in [9.17, 15) is 4.79 Å². The Labute approximate surface area is 155 Å². The highest BCUT2D eigenvalue weighted by atomic mass is 16.5. The summed E-state index contributed by atoms with van der Waals surface area (Å²) in [6.07, 6.45) is 1.69. The van der Waals surface area contributed by atoms with Crippen LogP contribution in [0.15, 0.2) is 53.2 Å². The third-order valence-corrected chi connectivity index (χ3v) is 4.27. The van der Waals surface area contributed by atoms with Crippen molar-refractivity contribution < 1.29 is 9.32 Å². The second-order valence-corrected chi connectivity index (χ2v) is 6.32. The van der Waals surface area contributed by atoms with Gasteiger partial charge in [0.2, 0.25) is 11.8 Å². The zero-order valence-corrected chi connectivity index (χ0v) is 14.9. The first kappa shape index (κ1) is 16.7.